The van der Waals surface area contributed by atoms with E-state index >= 15 is 0 Å². The first-order chi connectivity index (χ1) is 34.2. The summed E-state index contributed by atoms with van der Waals surface area (Å²) >= 11 is 14.7. The average Bonchev–Trinajstić information content (AvgIpc) is 4.11. The quantitative estimate of drug-likeness (QED) is 0.0894. The van der Waals surface area contributed by atoms with Crippen molar-refractivity contribution in [1.29, 1.82) is 0 Å². The average molecular weight is 1070 g/mol. The van der Waals surface area contributed by atoms with Crippen LogP contribution in [0.3, 0.4) is 0 Å². The molecule has 0 spiro atoms. The van der Waals surface area contributed by atoms with E-state index in [1.165, 1.54) is 39.1 Å². The SMILES string of the molecule is [C-]#[N+]c1cc(Cl)ccc1N1CC(COC)Oc2cc(S(=O)(=O)Cc3nccs3)ccc21.[C-]#[N+]c1cc(Cl)ccc1N1CC(COC)Oc2cc(S(=O)(=O)N(Cc3ccc(OC)cc3)c3nccs3)ccc21. The van der Waals surface area contributed by atoms with Crippen molar-refractivity contribution in [3.63, 3.8) is 0 Å². The van der Waals surface area contributed by atoms with Crippen LogP contribution in [-0.4, -0.2) is 86.6 Å². The molecular weight excluding hydrogens is 1030 g/mol. The number of benzene rings is 5. The lowest BCUT2D eigenvalue weighted by Gasteiger charge is -2.37. The molecule has 0 saturated carbocycles. The molecule has 9 rings (SSSR count). The highest BCUT2D eigenvalue weighted by atomic mass is 35.5. The Hall–Kier alpha value is -6.46. The number of thiazole rings is 2. The number of hydrogen-bond donors (Lipinski definition) is 0. The first kappa shape index (κ1) is 50.9. The van der Waals surface area contributed by atoms with Crippen molar-refractivity contribution in [3.8, 4) is 17.2 Å². The molecule has 22 heteroatoms. The summed E-state index contributed by atoms with van der Waals surface area (Å²) in [5, 5.41) is 5.28. The van der Waals surface area contributed by atoms with Gasteiger partial charge in [0.05, 0.1) is 74.3 Å². The number of anilines is 5. The minimum absolute atomic E-state index is 0.0505. The minimum atomic E-state index is -4.05. The summed E-state index contributed by atoms with van der Waals surface area (Å²) in [6, 6.07) is 27.0. The summed E-state index contributed by atoms with van der Waals surface area (Å²) in [7, 11) is -2.92. The third-order valence-electron chi connectivity index (χ3n) is 11.1. The summed E-state index contributed by atoms with van der Waals surface area (Å²) in [5.41, 5.74) is 4.17. The van der Waals surface area contributed by atoms with Crippen LogP contribution in [0, 0.1) is 13.1 Å². The maximum absolute atomic E-state index is 14.1. The molecule has 366 valence electrons. The number of fused-ring (bicyclic) bond motifs is 2. The molecule has 0 N–H and O–H groups in total. The van der Waals surface area contributed by atoms with E-state index in [1.807, 2.05) is 21.9 Å². The zero-order chi connectivity index (χ0) is 50.3. The lowest BCUT2D eigenvalue weighted by atomic mass is 10.1. The lowest BCUT2D eigenvalue weighted by Crippen LogP contribution is -2.40. The van der Waals surface area contributed by atoms with Gasteiger partial charge in [0.2, 0.25) is 11.4 Å². The summed E-state index contributed by atoms with van der Waals surface area (Å²) in [6.45, 7) is 16.7. The summed E-state index contributed by atoms with van der Waals surface area (Å²) in [5.74, 6) is 1.29. The molecule has 0 bridgehead atoms. The number of methoxy groups -OCH3 is 3. The van der Waals surface area contributed by atoms with Crippen molar-refractivity contribution in [3.05, 3.63) is 164 Å². The van der Waals surface area contributed by atoms with Crippen LogP contribution in [-0.2, 0) is 41.6 Å². The maximum Gasteiger partial charge on any atom is 0.266 e. The number of halogens is 2. The van der Waals surface area contributed by atoms with Gasteiger partial charge in [-0.2, -0.15) is 0 Å². The Morgan fingerprint density at radius 1 is 0.690 bits per heavy atom. The largest absolute Gasteiger partial charge is 0.497 e. The van der Waals surface area contributed by atoms with Crippen LogP contribution in [0.5, 0.6) is 17.2 Å². The molecular formula is C49H43Cl2N7O9S4. The second-order valence-corrected chi connectivity index (χ2v) is 22.3. The van der Waals surface area contributed by atoms with Crippen LogP contribution in [0.1, 0.15) is 10.6 Å². The van der Waals surface area contributed by atoms with Gasteiger partial charge in [-0.1, -0.05) is 35.3 Å². The van der Waals surface area contributed by atoms with Gasteiger partial charge in [-0.3, -0.25) is 0 Å². The molecule has 0 saturated heterocycles. The fourth-order valence-corrected chi connectivity index (χ4v) is 12.7. The van der Waals surface area contributed by atoms with E-state index in [9.17, 15) is 16.8 Å². The number of rotatable bonds is 15. The zero-order valence-electron chi connectivity index (χ0n) is 38.1. The van der Waals surface area contributed by atoms with Crippen LogP contribution in [0.15, 0.2) is 130 Å². The smallest absolute Gasteiger partial charge is 0.266 e. The molecule has 5 aromatic carbocycles. The predicted octanol–water partition coefficient (Wildman–Crippen LogP) is 11.2. The van der Waals surface area contributed by atoms with Gasteiger partial charge >= 0.3 is 0 Å². The van der Waals surface area contributed by atoms with Gasteiger partial charge in [0.15, 0.2) is 15.0 Å². The molecule has 2 unspecified atom stereocenters. The molecule has 0 fully saturated rings. The predicted molar refractivity (Wildman–Crippen MR) is 276 cm³/mol. The Labute approximate surface area is 429 Å². The van der Waals surface area contributed by atoms with Crippen molar-refractivity contribution >= 4 is 105 Å². The van der Waals surface area contributed by atoms with E-state index < -0.39 is 26.0 Å². The summed E-state index contributed by atoms with van der Waals surface area (Å²) in [6.07, 6.45) is 2.41. The van der Waals surface area contributed by atoms with E-state index in [2.05, 4.69) is 19.7 Å². The van der Waals surface area contributed by atoms with Gasteiger partial charge in [-0.15, -0.1) is 22.7 Å². The lowest BCUT2D eigenvalue weighted by molar-refractivity contribution is 0.0809. The van der Waals surface area contributed by atoms with E-state index in [0.29, 0.717) is 91.3 Å². The molecule has 2 aliphatic heterocycles. The van der Waals surface area contributed by atoms with E-state index in [0.717, 1.165) is 5.56 Å². The summed E-state index contributed by atoms with van der Waals surface area (Å²) < 4.78 is 83.3. The Morgan fingerprint density at radius 2 is 1.21 bits per heavy atom. The Balaban J connectivity index is 0.000000197. The molecule has 4 heterocycles. The molecule has 7 aromatic rings. The molecule has 0 aliphatic carbocycles. The number of aromatic nitrogens is 2. The van der Waals surface area contributed by atoms with Gasteiger partial charge in [0, 0.05) is 70.9 Å². The number of hydrogen-bond acceptors (Lipinski definition) is 15. The van der Waals surface area contributed by atoms with E-state index in [1.54, 1.807) is 117 Å². The highest BCUT2D eigenvalue weighted by Gasteiger charge is 2.34. The molecule has 2 atom stereocenters. The Morgan fingerprint density at radius 3 is 1.70 bits per heavy atom. The van der Waals surface area contributed by atoms with Gasteiger partial charge < -0.3 is 33.5 Å². The van der Waals surface area contributed by atoms with Crippen molar-refractivity contribution in [2.45, 2.75) is 34.3 Å². The number of ether oxygens (including phenoxy) is 5. The fraction of sp³-hybridized carbons (Fsp3) is 0.224. The molecule has 2 aromatic heterocycles. The molecule has 16 nitrogen and oxygen atoms in total. The number of nitrogens with zero attached hydrogens (tertiary/aromatic N) is 7. The van der Waals surface area contributed by atoms with Gasteiger partial charge in [0.25, 0.3) is 10.0 Å². The first-order valence-corrected chi connectivity index (χ1v) is 27.0. The van der Waals surface area contributed by atoms with Crippen LogP contribution in [0.25, 0.3) is 9.69 Å². The number of sulfone groups is 1. The highest BCUT2D eigenvalue weighted by molar-refractivity contribution is 7.93. The maximum atomic E-state index is 14.1. The topological polar surface area (TPSA) is 159 Å². The fourth-order valence-electron chi connectivity index (χ4n) is 7.83. The highest BCUT2D eigenvalue weighted by Crippen LogP contribution is 2.46. The molecule has 2 aliphatic rings. The van der Waals surface area contributed by atoms with Gasteiger partial charge in [0.1, 0.15) is 40.2 Å². The van der Waals surface area contributed by atoms with Crippen molar-refractivity contribution < 1.29 is 40.5 Å². The third-order valence-corrected chi connectivity index (χ3v) is 16.8. The van der Waals surface area contributed by atoms with Crippen molar-refractivity contribution in [1.82, 2.24) is 9.97 Å². The second-order valence-electron chi connectivity index (χ2n) is 15.7. The van der Waals surface area contributed by atoms with Gasteiger partial charge in [-0.25, -0.2) is 40.8 Å². The third kappa shape index (κ3) is 11.5. The first-order valence-electron chi connectivity index (χ1n) is 21.4. The summed E-state index contributed by atoms with van der Waals surface area (Å²) in [4.78, 5) is 19.7. The minimum Gasteiger partial charge on any atom is -0.497 e. The zero-order valence-corrected chi connectivity index (χ0v) is 42.9. The monoisotopic (exact) mass is 1070 g/mol. The Kier molecular flexibility index (Phi) is 16.0. The Bertz CT molecular complexity index is 3320. The second kappa shape index (κ2) is 22.3. The van der Waals surface area contributed by atoms with Gasteiger partial charge in [-0.05, 0) is 78.4 Å². The van der Waals surface area contributed by atoms with E-state index in [4.69, 9.17) is 60.0 Å². The molecule has 71 heavy (non-hydrogen) atoms. The van der Waals surface area contributed by atoms with Crippen LogP contribution in [0.2, 0.25) is 10.0 Å². The standard InChI is InChI=1S/C28H25ClN4O5S2.C21H18ClN3O4S2/c1-30-24-14-20(29)6-10-25(24)32-17-22(18-36-2)38-27-15-23(9-11-26(27)32)40(34,35)33(28-31-12-13-39-28)16-19-4-7-21(37-3)8-5-19;1-23-17-9-14(22)3-5-18(17)25-11-15(12-28-2)29-20-10-16(4-6-19(20)25)31(26,27)13-21-24-7-8-30-21/h4-15,22H,16-18H2,2-3H3;3-10,15H,11-13H2,2H3. The molecule has 0 amide bonds. The van der Waals surface area contributed by atoms with Crippen LogP contribution >= 0.6 is 45.9 Å². The van der Waals surface area contributed by atoms with Crippen molar-refractivity contribution in [2.75, 3.05) is 61.7 Å². The normalized spacial score (nSPS) is 15.1. The molecule has 0 radical (unpaired) electrons. The van der Waals surface area contributed by atoms with Crippen LogP contribution < -0.4 is 28.3 Å². The number of sulfonamides is 1. The van der Waals surface area contributed by atoms with Crippen molar-refractivity contribution in [2.24, 2.45) is 0 Å². The van der Waals surface area contributed by atoms with E-state index in [-0.39, 0.29) is 34.8 Å². The van der Waals surface area contributed by atoms with Crippen LogP contribution in [0.4, 0.5) is 39.3 Å².